The molecule has 738 valence electrons. The minimum atomic E-state index is -5.87. The van der Waals surface area contributed by atoms with Gasteiger partial charge in [-0.3, -0.25) is 47.5 Å². The zero-order valence-corrected chi connectivity index (χ0v) is 78.0. The number of aliphatic hydroxyl groups is 6. The quantitative estimate of drug-likeness (QED) is 0.0405. The molecule has 0 saturated carbocycles. The maximum Gasteiger partial charge on any atom is 0.341 e. The number of phenolic OH excluding ortho intramolecular Hbond substituents is 3. The van der Waals surface area contributed by atoms with Gasteiger partial charge in [-0.1, -0.05) is 103 Å². The molecule has 137 heavy (non-hydrogen) atoms. The number of carboxylic acids is 1. The molecule has 7 aromatic carbocycles. The highest BCUT2D eigenvalue weighted by molar-refractivity contribution is 7.70. The summed E-state index contributed by atoms with van der Waals surface area (Å²) in [6.45, 7) is 7.25. The van der Waals surface area contributed by atoms with Crippen LogP contribution in [0.5, 0.6) is 46.0 Å². The van der Waals surface area contributed by atoms with E-state index >= 15 is 28.8 Å². The van der Waals surface area contributed by atoms with Crippen molar-refractivity contribution in [3.63, 3.8) is 0 Å². The molecular weight excluding hydrogens is 1910 g/mol. The number of aliphatic hydroxyl groups excluding tert-OH is 6. The number of nitrogens with two attached hydrogens (primary N) is 2. The van der Waals surface area contributed by atoms with Crippen LogP contribution in [0.2, 0.25) is 15.1 Å². The summed E-state index contributed by atoms with van der Waals surface area (Å²) in [5, 5.41) is 132. The number of aliphatic carboxylic acids is 1. The Labute approximate surface area is 795 Å². The van der Waals surface area contributed by atoms with E-state index in [9.17, 15) is 94.2 Å². The van der Waals surface area contributed by atoms with Crippen molar-refractivity contribution in [2.24, 2.45) is 17.4 Å². The van der Waals surface area contributed by atoms with E-state index in [1.54, 1.807) is 62.4 Å². The van der Waals surface area contributed by atoms with E-state index in [1.807, 2.05) is 0 Å². The van der Waals surface area contributed by atoms with Crippen molar-refractivity contribution in [3.05, 3.63) is 176 Å². The second-order valence-electron chi connectivity index (χ2n) is 35.1. The molecular formula is C89H103Cl3N10O33P2. The van der Waals surface area contributed by atoms with Crippen molar-refractivity contribution >= 4 is 103 Å². The minimum Gasteiger partial charge on any atom is -0.508 e. The Hall–Kier alpha value is -10.8. The van der Waals surface area contributed by atoms with Gasteiger partial charge in [0.2, 0.25) is 59.3 Å². The SMILES string of the molecule is CN[C@H](CC(C)C)C(=O)N[C@H]1C(=O)N[C@@H](CC(N)=O)C(=O)N[C@H]2C(=O)N[C@H]3C(=O)N[C@H](C(=O)N[C@H](C(=O)O)c4cc(O)cc(O)c4-c4cc3ccc4O)[C@H](O[C@H]3C[C@](C)(N)[C@@H](O)[C@H](C)O3)c3ccc(c(Cl)c3)Oc3cc2cc(c3O[C@@H]2O[C@H](CO)[C@@H](O)[C@H](O)[C@H]2O[C@H]2C[C@](C)(N(Cc3ccc(-c4ccc(Cl)cc4)cc3)C(=O)CC(P(=O)(O)O)P(=O)(O)O)[C@@H](O)[C@H](C)O2)Oc2ccc(cc2Cl)[C@H]1O. The van der Waals surface area contributed by atoms with Crippen LogP contribution < -0.4 is 62.9 Å². The third-order valence-corrected chi connectivity index (χ3v) is 29.2. The van der Waals surface area contributed by atoms with E-state index in [2.05, 4.69) is 37.2 Å². The Kier molecular flexibility index (Phi) is 31.5. The number of primary amides is 1. The first kappa shape index (κ1) is 104. The number of nitrogens with zero attached hydrogens (tertiary/aromatic N) is 1. The number of fused-ring (bicyclic) bond motifs is 15. The van der Waals surface area contributed by atoms with Gasteiger partial charge in [0.1, 0.15) is 95.6 Å². The monoisotopic (exact) mass is 2010 g/mol. The lowest BCUT2D eigenvalue weighted by Crippen LogP contribution is -2.67. The van der Waals surface area contributed by atoms with Gasteiger partial charge < -0.3 is 162 Å². The van der Waals surface area contributed by atoms with Gasteiger partial charge in [0.15, 0.2) is 41.6 Å². The first-order valence-electron chi connectivity index (χ1n) is 42.9. The standard InChI is InChI=1S/C89H103Cl3N10O33P2/c1-36(2)22-52(95-7)80(114)100-70-72(109)43-15-20-56(50(91)24-43)130-58-26-45-27-59(76(58)135-87-77(74(111)73(110)60(35-103)132-87)134-64-33-89(6,79(113)38(4)129-64)102(62(108)31-65(136(122,123)124)137(125,126)127)34-39-8-10-40(11-9-39)41-12-17-46(90)18-13-41)131-57-21-16-44(25-51(57)92)75(133-63-32-88(5,94)78(112)37(3)128-63)71-85(119)99-69(86(120)121)49-28-47(104)29-55(106)66(49)48-23-42(14-19-54(48)105)67(82(116)101-71)98-83(117)68(45)97-81(115)53(30-61(93)107)96-84(70)118/h8-21,23-29,36-38,52-53,60,63-65,67-75,77-79,87,95,103-106,109-113H,22,30-35,94H2,1-7H3,(H2,93,107)(H,96,118)(H,97,115)(H,98,117)(H,99,119)(H,100,114)(H,101,116)(H,120,121)(H2,122,123,124)(H2,125,126,127)/t37-,38-,52+,53-,60+,63-,64-,67+,68+,69-,70+,71-,72+,73+,74-,75+,77+,78-,79-,87-,88-,89-/m0/s1. The summed E-state index contributed by atoms with van der Waals surface area (Å²) in [5.41, 5.74) is 7.10. The Morgan fingerprint density at radius 1 is 0.635 bits per heavy atom. The van der Waals surface area contributed by atoms with Crippen LogP contribution >= 0.6 is 50.0 Å². The highest BCUT2D eigenvalue weighted by atomic mass is 35.5. The number of rotatable bonds is 23. The molecule has 8 aliphatic rings. The van der Waals surface area contributed by atoms with Gasteiger partial charge in [-0.15, -0.1) is 0 Å². The Balaban J connectivity index is 1.03. The Morgan fingerprint density at radius 2 is 1.20 bits per heavy atom. The van der Waals surface area contributed by atoms with Gasteiger partial charge in [-0.05, 0) is 153 Å². The maximum atomic E-state index is 16.7. The molecule has 43 nitrogen and oxygen atoms in total. The molecule has 8 aliphatic heterocycles. The zero-order valence-electron chi connectivity index (χ0n) is 73.9. The number of carboxylic acid groups (broad SMARTS) is 1. The number of ether oxygens (including phenoxy) is 8. The van der Waals surface area contributed by atoms with Crippen LogP contribution in [0, 0.1) is 5.92 Å². The van der Waals surface area contributed by atoms with Gasteiger partial charge in [-0.25, -0.2) is 4.79 Å². The predicted molar refractivity (Wildman–Crippen MR) is 481 cm³/mol. The number of hydrogen-bond acceptors (Lipinski definition) is 30. The number of carbonyl (C=O) groups excluding carboxylic acids is 8. The van der Waals surface area contributed by atoms with Crippen LogP contribution in [0.15, 0.2) is 127 Å². The largest absolute Gasteiger partial charge is 0.508 e. The first-order valence-corrected chi connectivity index (χ1v) is 47.4. The molecule has 0 unspecified atom stereocenters. The lowest BCUT2D eigenvalue weighted by atomic mass is 9.82. The second kappa shape index (κ2) is 41.7. The molecule has 3 fully saturated rings. The molecule has 15 rings (SSSR count). The summed E-state index contributed by atoms with van der Waals surface area (Å²) in [4.78, 5) is 179. The summed E-state index contributed by atoms with van der Waals surface area (Å²) in [5.74, 6) is -18.9. The van der Waals surface area contributed by atoms with Crippen LogP contribution in [0.1, 0.15) is 137 Å². The van der Waals surface area contributed by atoms with E-state index in [4.69, 9.17) is 84.2 Å². The van der Waals surface area contributed by atoms with Crippen LogP contribution in [0.4, 0.5) is 0 Å². The van der Waals surface area contributed by atoms with Crippen LogP contribution in [-0.2, 0) is 82.5 Å². The number of likely N-dealkylation sites (N-methyl/N-ethyl adjacent to an activating group) is 1. The number of hydrogen-bond donors (Lipinski definition) is 23. The summed E-state index contributed by atoms with van der Waals surface area (Å²) < 4.78 is 78.7. The average Bonchev–Trinajstić information content (AvgIpc) is 0.746. The highest BCUT2D eigenvalue weighted by Crippen LogP contribution is 2.62. The molecule has 7 aromatic rings. The molecule has 0 aliphatic carbocycles. The number of benzene rings is 7. The van der Waals surface area contributed by atoms with Crippen molar-refractivity contribution in [1.82, 2.24) is 42.1 Å². The Morgan fingerprint density at radius 3 is 1.78 bits per heavy atom. The lowest BCUT2D eigenvalue weighted by Gasteiger charge is -2.52. The number of amides is 8. The maximum absolute atomic E-state index is 16.7. The number of nitrogens with one attached hydrogen (secondary N) is 7. The van der Waals surface area contributed by atoms with Crippen molar-refractivity contribution in [2.75, 3.05) is 13.7 Å². The number of carbonyl (C=O) groups is 9. The topological polar surface area (TPSA) is 684 Å². The van der Waals surface area contributed by atoms with E-state index in [1.165, 1.54) is 40.8 Å². The van der Waals surface area contributed by atoms with Gasteiger partial charge in [0.25, 0.3) is 0 Å². The molecule has 11 bridgehead atoms. The van der Waals surface area contributed by atoms with Crippen LogP contribution in [0.25, 0.3) is 22.3 Å². The van der Waals surface area contributed by atoms with Gasteiger partial charge in [0.05, 0.1) is 59.4 Å². The third kappa shape index (κ3) is 22.9. The van der Waals surface area contributed by atoms with E-state index in [0.717, 1.165) is 77.7 Å². The van der Waals surface area contributed by atoms with Crippen molar-refractivity contribution in [3.8, 4) is 68.2 Å². The molecule has 8 amide bonds. The summed E-state index contributed by atoms with van der Waals surface area (Å²) in [7, 11) is -10.3. The summed E-state index contributed by atoms with van der Waals surface area (Å²) >= 11 is 20.9. The third-order valence-electron chi connectivity index (χ3n) is 24.6. The molecule has 8 heterocycles. The highest BCUT2D eigenvalue weighted by Gasteiger charge is 2.57. The smallest absolute Gasteiger partial charge is 0.341 e. The predicted octanol–water partition coefficient (Wildman–Crippen LogP) is 3.81. The summed E-state index contributed by atoms with van der Waals surface area (Å²) in [6, 6.07) is 11.2. The fourth-order valence-corrected chi connectivity index (χ4v) is 20.3. The van der Waals surface area contributed by atoms with Crippen molar-refractivity contribution in [2.45, 2.75) is 219 Å². The molecule has 25 N–H and O–H groups in total. The fraction of sp³-hybridized carbons (Fsp3) is 0.427. The van der Waals surface area contributed by atoms with E-state index in [-0.39, 0.29) is 29.0 Å². The molecule has 0 aromatic heterocycles. The molecule has 0 radical (unpaired) electrons. The first-order chi connectivity index (χ1) is 64.3. The lowest BCUT2D eigenvalue weighted by molar-refractivity contribution is -0.338. The summed E-state index contributed by atoms with van der Waals surface area (Å²) in [6.07, 6.45) is -28.5. The fourth-order valence-electron chi connectivity index (χ4n) is 17.4. The zero-order chi connectivity index (χ0) is 100. The number of aromatic hydroxyl groups is 3. The molecule has 22 atom stereocenters. The van der Waals surface area contributed by atoms with E-state index in [0.29, 0.717) is 16.1 Å². The van der Waals surface area contributed by atoms with E-state index < -0.39 is 330 Å². The van der Waals surface area contributed by atoms with Gasteiger partial charge >= 0.3 is 21.2 Å². The number of phenols is 3. The van der Waals surface area contributed by atoms with Crippen LogP contribution in [0.3, 0.4) is 0 Å². The second-order valence-corrected chi connectivity index (χ2v) is 40.4. The van der Waals surface area contributed by atoms with Crippen molar-refractivity contribution < 1.29 is 161 Å². The van der Waals surface area contributed by atoms with Crippen LogP contribution in [-0.4, -0.2) is 251 Å². The van der Waals surface area contributed by atoms with Gasteiger partial charge in [-0.2, -0.15) is 0 Å². The molecule has 3 saturated heterocycles. The average molecular weight is 2010 g/mol. The normalized spacial score (nSPS) is 28.4. The Bertz CT molecular complexity index is 5860. The minimum absolute atomic E-state index is 0.143. The van der Waals surface area contributed by atoms with Crippen molar-refractivity contribution in [1.29, 1.82) is 0 Å². The van der Waals surface area contributed by atoms with Gasteiger partial charge in [0, 0.05) is 52.7 Å². The number of halogens is 3. The molecule has 48 heteroatoms. The molecule has 0 spiro atoms.